The molecule has 1 N–H and O–H groups in total. The highest BCUT2D eigenvalue weighted by Crippen LogP contribution is 2.33. The van der Waals surface area contributed by atoms with Crippen molar-refractivity contribution in [1.82, 2.24) is 0 Å². The maximum absolute atomic E-state index is 10.7. The largest absolute Gasteiger partial charge is 0.388 e. The van der Waals surface area contributed by atoms with E-state index in [2.05, 4.69) is 37.3 Å². The molecule has 1 saturated carbocycles. The molecule has 1 unspecified atom stereocenters. The Morgan fingerprint density at radius 2 is 1.89 bits per heavy atom. The third-order valence-corrected chi connectivity index (χ3v) is 4.18. The van der Waals surface area contributed by atoms with Gasteiger partial charge in [0.05, 0.1) is 6.10 Å². The second-order valence-electron chi connectivity index (χ2n) is 5.66. The van der Waals surface area contributed by atoms with Crippen LogP contribution in [0.3, 0.4) is 0 Å². The van der Waals surface area contributed by atoms with E-state index >= 15 is 0 Å². The number of rotatable bonds is 5. The summed E-state index contributed by atoms with van der Waals surface area (Å²) >= 11 is 0. The first kappa shape index (κ1) is 14.3. The van der Waals surface area contributed by atoms with E-state index < -0.39 is 0 Å². The second-order valence-corrected chi connectivity index (χ2v) is 5.66. The first-order valence-electron chi connectivity index (χ1n) is 7.76. The summed E-state index contributed by atoms with van der Waals surface area (Å²) in [5.41, 5.74) is 2.34. The first-order chi connectivity index (χ1) is 9.33. The topological polar surface area (TPSA) is 20.2 Å². The Bertz CT molecular complexity index is 387. The minimum Gasteiger partial charge on any atom is -0.388 e. The van der Waals surface area contributed by atoms with Gasteiger partial charge in [0.15, 0.2) is 0 Å². The van der Waals surface area contributed by atoms with Crippen LogP contribution < -0.4 is 0 Å². The van der Waals surface area contributed by atoms with E-state index in [1.165, 1.54) is 37.7 Å². The van der Waals surface area contributed by atoms with Gasteiger partial charge in [-0.2, -0.15) is 0 Å². The molecule has 1 aromatic rings. The summed E-state index contributed by atoms with van der Waals surface area (Å²) in [7, 11) is 0. The molecule has 1 fully saturated rings. The van der Waals surface area contributed by atoms with Gasteiger partial charge in [-0.25, -0.2) is 0 Å². The fraction of sp³-hybridized carbons (Fsp3) is 0.556. The summed E-state index contributed by atoms with van der Waals surface area (Å²) in [4.78, 5) is 0. The lowest BCUT2D eigenvalue weighted by Gasteiger charge is -2.28. The monoisotopic (exact) mass is 258 g/mol. The molecule has 0 saturated heterocycles. The van der Waals surface area contributed by atoms with Gasteiger partial charge in [-0.1, -0.05) is 69.0 Å². The van der Waals surface area contributed by atoms with Crippen molar-refractivity contribution >= 4 is 5.57 Å². The van der Waals surface area contributed by atoms with Crippen molar-refractivity contribution in [3.8, 4) is 0 Å². The number of unbranched alkanes of at least 4 members (excludes halogenated alkanes) is 1. The van der Waals surface area contributed by atoms with Gasteiger partial charge in [-0.15, -0.1) is 0 Å². The van der Waals surface area contributed by atoms with Gasteiger partial charge < -0.3 is 5.11 Å². The van der Waals surface area contributed by atoms with Crippen molar-refractivity contribution in [2.45, 2.75) is 58.0 Å². The summed E-state index contributed by atoms with van der Waals surface area (Å²) in [6.07, 6.45) is 10.4. The van der Waals surface area contributed by atoms with Crippen molar-refractivity contribution in [3.05, 3.63) is 42.0 Å². The Labute approximate surface area is 117 Å². The molecule has 104 valence electrons. The van der Waals surface area contributed by atoms with Gasteiger partial charge in [0.1, 0.15) is 0 Å². The molecule has 1 atom stereocenters. The number of benzene rings is 1. The molecule has 1 nitrogen and oxygen atoms in total. The third kappa shape index (κ3) is 3.94. The Balaban J connectivity index is 2.17. The zero-order valence-electron chi connectivity index (χ0n) is 12.0. The molecule has 1 heteroatoms. The maximum Gasteiger partial charge on any atom is 0.0820 e. The van der Waals surface area contributed by atoms with Crippen LogP contribution in [0, 0.1) is 5.92 Å². The summed E-state index contributed by atoms with van der Waals surface area (Å²) in [5, 5.41) is 10.7. The minimum atomic E-state index is -0.283. The van der Waals surface area contributed by atoms with E-state index in [4.69, 9.17) is 0 Å². The average Bonchev–Trinajstić information content (AvgIpc) is 2.49. The number of aliphatic hydroxyl groups excluding tert-OH is 1. The predicted octanol–water partition coefficient (Wildman–Crippen LogP) is 4.81. The van der Waals surface area contributed by atoms with E-state index in [0.29, 0.717) is 5.92 Å². The van der Waals surface area contributed by atoms with E-state index in [1.807, 2.05) is 6.07 Å². The third-order valence-electron chi connectivity index (χ3n) is 4.18. The highest BCUT2D eigenvalue weighted by Gasteiger charge is 2.25. The van der Waals surface area contributed by atoms with Crippen LogP contribution in [0.5, 0.6) is 0 Å². The van der Waals surface area contributed by atoms with Crippen LogP contribution in [0.4, 0.5) is 0 Å². The smallest absolute Gasteiger partial charge is 0.0820 e. The first-order valence-corrected chi connectivity index (χ1v) is 7.76. The number of hydrogen-bond acceptors (Lipinski definition) is 1. The molecule has 1 aliphatic rings. The quantitative estimate of drug-likeness (QED) is 0.803. The Morgan fingerprint density at radius 1 is 1.21 bits per heavy atom. The zero-order valence-corrected chi connectivity index (χ0v) is 12.0. The molecule has 0 heterocycles. The van der Waals surface area contributed by atoms with Crippen LogP contribution in [-0.2, 0) is 0 Å². The predicted molar refractivity (Wildman–Crippen MR) is 81.9 cm³/mol. The van der Waals surface area contributed by atoms with E-state index in [9.17, 15) is 5.11 Å². The Morgan fingerprint density at radius 3 is 2.53 bits per heavy atom. The molecule has 2 rings (SSSR count). The van der Waals surface area contributed by atoms with Gasteiger partial charge in [-0.05, 0) is 36.3 Å². The summed E-state index contributed by atoms with van der Waals surface area (Å²) < 4.78 is 0. The average molecular weight is 258 g/mol. The standard InChI is InChI=1S/C18H26O/c1-2-3-14-17(15-10-6-4-7-11-15)18(19)16-12-8-5-9-13-16/h4,6-7,10-11,14,16,18-19H,2-3,5,8-9,12-13H2,1H3/b17-14+. The van der Waals surface area contributed by atoms with E-state index in [-0.39, 0.29) is 6.10 Å². The molecule has 0 spiro atoms. The lowest BCUT2D eigenvalue weighted by atomic mass is 9.80. The molecule has 1 aromatic carbocycles. The Kier molecular flexibility index (Phi) is 5.65. The van der Waals surface area contributed by atoms with E-state index in [1.54, 1.807) is 0 Å². The zero-order chi connectivity index (χ0) is 13.5. The maximum atomic E-state index is 10.7. The van der Waals surface area contributed by atoms with Crippen LogP contribution in [0.15, 0.2) is 36.4 Å². The van der Waals surface area contributed by atoms with Gasteiger partial charge in [-0.3, -0.25) is 0 Å². The molecule has 19 heavy (non-hydrogen) atoms. The van der Waals surface area contributed by atoms with Crippen molar-refractivity contribution in [3.63, 3.8) is 0 Å². The molecular formula is C18H26O. The molecule has 0 radical (unpaired) electrons. The van der Waals surface area contributed by atoms with Crippen molar-refractivity contribution in [1.29, 1.82) is 0 Å². The molecule has 0 amide bonds. The van der Waals surface area contributed by atoms with E-state index in [0.717, 1.165) is 18.4 Å². The number of allylic oxidation sites excluding steroid dienone is 1. The van der Waals surface area contributed by atoms with Gasteiger partial charge >= 0.3 is 0 Å². The van der Waals surface area contributed by atoms with Crippen LogP contribution in [0.2, 0.25) is 0 Å². The van der Waals surface area contributed by atoms with Crippen LogP contribution in [0.25, 0.3) is 5.57 Å². The van der Waals surface area contributed by atoms with Crippen molar-refractivity contribution < 1.29 is 5.11 Å². The van der Waals surface area contributed by atoms with Gasteiger partial charge in [0, 0.05) is 0 Å². The lowest BCUT2D eigenvalue weighted by molar-refractivity contribution is 0.133. The SMILES string of the molecule is CCC/C=C(\c1ccccc1)C(O)C1CCCCC1. The molecule has 0 aliphatic heterocycles. The highest BCUT2D eigenvalue weighted by molar-refractivity contribution is 5.68. The van der Waals surface area contributed by atoms with Crippen LogP contribution in [-0.4, -0.2) is 11.2 Å². The summed E-state index contributed by atoms with van der Waals surface area (Å²) in [5.74, 6) is 0.456. The fourth-order valence-corrected chi connectivity index (χ4v) is 3.04. The fourth-order valence-electron chi connectivity index (χ4n) is 3.04. The summed E-state index contributed by atoms with van der Waals surface area (Å²) in [6, 6.07) is 10.4. The lowest BCUT2D eigenvalue weighted by Crippen LogP contribution is -2.24. The van der Waals surface area contributed by atoms with Crippen molar-refractivity contribution in [2.24, 2.45) is 5.92 Å². The molecule has 0 bridgehead atoms. The molecule has 1 aliphatic carbocycles. The van der Waals surface area contributed by atoms with Crippen molar-refractivity contribution in [2.75, 3.05) is 0 Å². The minimum absolute atomic E-state index is 0.283. The molecular weight excluding hydrogens is 232 g/mol. The van der Waals surface area contributed by atoms with Gasteiger partial charge in [0.25, 0.3) is 0 Å². The summed E-state index contributed by atoms with van der Waals surface area (Å²) in [6.45, 7) is 2.19. The Hall–Kier alpha value is -1.08. The van der Waals surface area contributed by atoms with Crippen LogP contribution >= 0.6 is 0 Å². The number of aliphatic hydroxyl groups is 1. The number of hydrogen-bond donors (Lipinski definition) is 1. The normalized spacial score (nSPS) is 19.4. The second kappa shape index (κ2) is 7.49. The molecule has 0 aromatic heterocycles. The van der Waals surface area contributed by atoms with Crippen LogP contribution in [0.1, 0.15) is 57.4 Å². The van der Waals surface area contributed by atoms with Gasteiger partial charge in [0.2, 0.25) is 0 Å². The highest BCUT2D eigenvalue weighted by atomic mass is 16.3.